The van der Waals surface area contributed by atoms with Crippen LogP contribution in [0.5, 0.6) is 0 Å². The fraction of sp³-hybridized carbons (Fsp3) is 0.286. The second-order valence-corrected chi connectivity index (χ2v) is 2.24. The zero-order valence-corrected chi connectivity index (χ0v) is 6.26. The van der Waals surface area contributed by atoms with Gasteiger partial charge in [-0.15, -0.1) is 5.10 Å². The molecule has 1 aromatic heterocycles. The Labute approximate surface area is 63.3 Å². The molecule has 0 aliphatic heterocycles. The van der Waals surface area contributed by atoms with Crippen molar-refractivity contribution in [3.63, 3.8) is 0 Å². The Hall–Kier alpha value is -1.32. The highest BCUT2D eigenvalue weighted by Gasteiger charge is 2.08. The van der Waals surface area contributed by atoms with Gasteiger partial charge in [0.05, 0.1) is 5.69 Å². The van der Waals surface area contributed by atoms with Gasteiger partial charge in [-0.25, -0.2) is 4.39 Å². The first kappa shape index (κ1) is 7.78. The van der Waals surface area contributed by atoms with Crippen molar-refractivity contribution in [1.82, 2.24) is 10.2 Å². The number of ketones is 1. The number of Topliss-reactive ketones (excluding diaryl/α,β-unsaturated/α-hetero) is 1. The molecule has 0 bridgehead atoms. The molecule has 0 radical (unpaired) electrons. The van der Waals surface area contributed by atoms with Crippen molar-refractivity contribution in [3.05, 3.63) is 23.3 Å². The third-order valence-corrected chi connectivity index (χ3v) is 1.20. The highest BCUT2D eigenvalue weighted by atomic mass is 19.1. The minimum Gasteiger partial charge on any atom is -0.293 e. The number of carbonyl (C=O) groups excluding carboxylic acids is 1. The maximum Gasteiger partial charge on any atom is 0.183 e. The molecule has 1 heterocycles. The van der Waals surface area contributed by atoms with Crippen LogP contribution in [0.3, 0.4) is 0 Å². The van der Waals surface area contributed by atoms with E-state index in [-0.39, 0.29) is 5.69 Å². The van der Waals surface area contributed by atoms with Gasteiger partial charge in [0, 0.05) is 6.92 Å². The van der Waals surface area contributed by atoms with Gasteiger partial charge in [-0.05, 0) is 13.0 Å². The summed E-state index contributed by atoms with van der Waals surface area (Å²) in [7, 11) is 0. The Morgan fingerprint density at radius 3 is 2.64 bits per heavy atom. The summed E-state index contributed by atoms with van der Waals surface area (Å²) in [6.07, 6.45) is 0. The van der Waals surface area contributed by atoms with Crippen LogP contribution < -0.4 is 0 Å². The minimum atomic E-state index is -0.606. The van der Waals surface area contributed by atoms with Crippen LogP contribution >= 0.6 is 0 Å². The van der Waals surface area contributed by atoms with Crippen LogP contribution in [-0.2, 0) is 0 Å². The van der Waals surface area contributed by atoms with Crippen molar-refractivity contribution in [2.75, 3.05) is 0 Å². The standard InChI is InChI=1S/C7H7FN2O/c1-4-3-6(8)7(5(2)11)10-9-4/h3H,1-2H3. The van der Waals surface area contributed by atoms with Crippen molar-refractivity contribution in [2.45, 2.75) is 13.8 Å². The molecule has 3 nitrogen and oxygen atoms in total. The van der Waals surface area contributed by atoms with Gasteiger partial charge >= 0.3 is 0 Å². The zero-order valence-electron chi connectivity index (χ0n) is 6.26. The van der Waals surface area contributed by atoms with Gasteiger partial charge in [0.25, 0.3) is 0 Å². The van der Waals surface area contributed by atoms with Gasteiger partial charge in [-0.2, -0.15) is 5.10 Å². The van der Waals surface area contributed by atoms with Gasteiger partial charge in [0.2, 0.25) is 0 Å². The van der Waals surface area contributed by atoms with E-state index in [1.807, 2.05) is 0 Å². The van der Waals surface area contributed by atoms with Crippen LogP contribution in [0.2, 0.25) is 0 Å². The minimum absolute atomic E-state index is 0.199. The van der Waals surface area contributed by atoms with Gasteiger partial charge in [-0.3, -0.25) is 4.79 Å². The summed E-state index contributed by atoms with van der Waals surface area (Å²) in [6.45, 7) is 2.86. The van der Waals surface area contributed by atoms with Gasteiger partial charge in [0.1, 0.15) is 0 Å². The first-order chi connectivity index (χ1) is 5.11. The number of hydrogen-bond donors (Lipinski definition) is 0. The van der Waals surface area contributed by atoms with E-state index in [0.717, 1.165) is 0 Å². The molecule has 0 spiro atoms. The van der Waals surface area contributed by atoms with Crippen LogP contribution in [0.1, 0.15) is 23.1 Å². The number of carbonyl (C=O) groups is 1. The molecule has 0 amide bonds. The summed E-state index contributed by atoms with van der Waals surface area (Å²) in [5.74, 6) is -1.01. The van der Waals surface area contributed by atoms with Crippen molar-refractivity contribution >= 4 is 5.78 Å². The van der Waals surface area contributed by atoms with E-state index in [0.29, 0.717) is 5.69 Å². The van der Waals surface area contributed by atoms with E-state index in [2.05, 4.69) is 10.2 Å². The van der Waals surface area contributed by atoms with E-state index in [9.17, 15) is 9.18 Å². The SMILES string of the molecule is CC(=O)c1nnc(C)cc1F. The maximum atomic E-state index is 12.8. The van der Waals surface area contributed by atoms with Crippen LogP contribution in [0.4, 0.5) is 4.39 Å². The summed E-state index contributed by atoms with van der Waals surface area (Å²) < 4.78 is 12.8. The first-order valence-corrected chi connectivity index (χ1v) is 3.12. The highest BCUT2D eigenvalue weighted by Crippen LogP contribution is 2.03. The Kier molecular flexibility index (Phi) is 1.94. The van der Waals surface area contributed by atoms with E-state index in [4.69, 9.17) is 0 Å². The number of aromatic nitrogens is 2. The lowest BCUT2D eigenvalue weighted by atomic mass is 10.2. The smallest absolute Gasteiger partial charge is 0.183 e. The zero-order chi connectivity index (χ0) is 8.43. The lowest BCUT2D eigenvalue weighted by Crippen LogP contribution is -2.03. The van der Waals surface area contributed by atoms with Gasteiger partial charge in [0.15, 0.2) is 17.3 Å². The van der Waals surface area contributed by atoms with E-state index in [1.165, 1.54) is 13.0 Å². The molecular formula is C7H7FN2O. The van der Waals surface area contributed by atoms with Gasteiger partial charge < -0.3 is 0 Å². The maximum absolute atomic E-state index is 12.8. The van der Waals surface area contributed by atoms with Crippen molar-refractivity contribution in [2.24, 2.45) is 0 Å². The molecule has 0 aromatic carbocycles. The lowest BCUT2D eigenvalue weighted by Gasteiger charge is -1.95. The van der Waals surface area contributed by atoms with Crippen LogP contribution in [-0.4, -0.2) is 16.0 Å². The molecule has 0 fully saturated rings. The van der Waals surface area contributed by atoms with Crippen molar-refractivity contribution < 1.29 is 9.18 Å². The van der Waals surface area contributed by atoms with E-state index < -0.39 is 11.6 Å². The Morgan fingerprint density at radius 2 is 2.18 bits per heavy atom. The predicted molar refractivity (Wildman–Crippen MR) is 36.7 cm³/mol. The molecule has 0 N–H and O–H groups in total. The highest BCUT2D eigenvalue weighted by molar-refractivity contribution is 5.92. The fourth-order valence-corrected chi connectivity index (χ4v) is 0.696. The second kappa shape index (κ2) is 2.74. The Bertz CT molecular complexity index is 298. The van der Waals surface area contributed by atoms with Gasteiger partial charge in [-0.1, -0.05) is 0 Å². The second-order valence-electron chi connectivity index (χ2n) is 2.24. The van der Waals surface area contributed by atoms with Crippen molar-refractivity contribution in [1.29, 1.82) is 0 Å². The van der Waals surface area contributed by atoms with Crippen LogP contribution in [0, 0.1) is 12.7 Å². The number of rotatable bonds is 1. The topological polar surface area (TPSA) is 42.9 Å². The largest absolute Gasteiger partial charge is 0.293 e. The summed E-state index contributed by atoms with van der Waals surface area (Å²) in [6, 6.07) is 1.18. The average molecular weight is 154 g/mol. The molecule has 4 heteroatoms. The monoisotopic (exact) mass is 154 g/mol. The summed E-state index contributed by atoms with van der Waals surface area (Å²) in [5.41, 5.74) is 0.267. The lowest BCUT2D eigenvalue weighted by molar-refractivity contribution is 0.100. The molecule has 0 atom stereocenters. The molecule has 0 saturated carbocycles. The number of nitrogens with zero attached hydrogens (tertiary/aromatic N) is 2. The molecule has 0 unspecified atom stereocenters. The predicted octanol–water partition coefficient (Wildman–Crippen LogP) is 1.13. The normalized spacial score (nSPS) is 9.73. The van der Waals surface area contributed by atoms with E-state index >= 15 is 0 Å². The fourth-order valence-electron chi connectivity index (χ4n) is 0.696. The molecule has 0 saturated heterocycles. The summed E-state index contributed by atoms with van der Waals surface area (Å²) >= 11 is 0. The number of aryl methyl sites for hydroxylation is 1. The molecule has 0 aliphatic rings. The van der Waals surface area contributed by atoms with E-state index in [1.54, 1.807) is 6.92 Å². The third-order valence-electron chi connectivity index (χ3n) is 1.20. The number of hydrogen-bond acceptors (Lipinski definition) is 3. The molecule has 1 rings (SSSR count). The molecule has 58 valence electrons. The first-order valence-electron chi connectivity index (χ1n) is 3.12. The summed E-state index contributed by atoms with van der Waals surface area (Å²) in [4.78, 5) is 10.6. The number of halogens is 1. The average Bonchev–Trinajstić information content (AvgIpc) is 1.85. The quantitative estimate of drug-likeness (QED) is 0.569. The molecular weight excluding hydrogens is 147 g/mol. The third kappa shape index (κ3) is 1.58. The van der Waals surface area contributed by atoms with Crippen LogP contribution in [0.15, 0.2) is 6.07 Å². The Balaban J connectivity index is 3.20. The van der Waals surface area contributed by atoms with Crippen LogP contribution in [0.25, 0.3) is 0 Å². The summed E-state index contributed by atoms with van der Waals surface area (Å²) in [5, 5.41) is 6.95. The molecule has 1 aromatic rings. The molecule has 11 heavy (non-hydrogen) atoms. The van der Waals surface area contributed by atoms with Crippen molar-refractivity contribution in [3.8, 4) is 0 Å². The Morgan fingerprint density at radius 1 is 1.55 bits per heavy atom. The molecule has 0 aliphatic carbocycles.